The summed E-state index contributed by atoms with van der Waals surface area (Å²) in [6.45, 7) is 0. The molecule has 64 valence electrons. The van der Waals surface area contributed by atoms with E-state index < -0.39 is 0 Å². The summed E-state index contributed by atoms with van der Waals surface area (Å²) in [7, 11) is 0. The van der Waals surface area contributed by atoms with E-state index in [0.29, 0.717) is 11.9 Å². The molecule has 0 spiro atoms. The largest absolute Gasteiger partial charge is 0.489 e. The molecule has 1 heterocycles. The molecule has 1 aliphatic rings. The minimum Gasteiger partial charge on any atom is -0.489 e. The van der Waals surface area contributed by atoms with Crippen LogP contribution in [0.15, 0.2) is 12.3 Å². The number of nitrogens with zero attached hydrogens (tertiary/aromatic N) is 1. The molecule has 0 amide bonds. The predicted octanol–water partition coefficient (Wildman–Crippen LogP) is 1.81. The van der Waals surface area contributed by atoms with Crippen LogP contribution < -0.4 is 10.5 Å². The fourth-order valence-electron chi connectivity index (χ4n) is 0.898. The van der Waals surface area contributed by atoms with Gasteiger partial charge in [-0.25, -0.2) is 4.98 Å². The van der Waals surface area contributed by atoms with Gasteiger partial charge in [0.1, 0.15) is 11.6 Å². The number of nitrogens with two attached hydrogens (primary N) is 1. The van der Waals surface area contributed by atoms with E-state index in [4.69, 9.17) is 10.5 Å². The Balaban J connectivity index is 2.23. The lowest BCUT2D eigenvalue weighted by Crippen LogP contribution is -2.01. The Morgan fingerprint density at radius 1 is 1.58 bits per heavy atom. The number of nitrogen functional groups attached to an aromatic ring is 1. The zero-order valence-corrected chi connectivity index (χ0v) is 8.61. The monoisotopic (exact) mass is 276 g/mol. The fraction of sp³-hybridized carbons (Fsp3) is 0.375. The molecule has 2 N–H and O–H groups in total. The maximum atomic E-state index is 5.62. The van der Waals surface area contributed by atoms with Crippen LogP contribution in [0.25, 0.3) is 0 Å². The highest BCUT2D eigenvalue weighted by molar-refractivity contribution is 14.1. The van der Waals surface area contributed by atoms with Crippen molar-refractivity contribution in [3.63, 3.8) is 0 Å². The number of aromatic nitrogens is 1. The van der Waals surface area contributed by atoms with Crippen LogP contribution in [-0.2, 0) is 0 Å². The average molecular weight is 276 g/mol. The van der Waals surface area contributed by atoms with E-state index in [0.717, 1.165) is 22.2 Å². The summed E-state index contributed by atoms with van der Waals surface area (Å²) >= 11 is 2.15. The number of hydrogen-bond donors (Lipinski definition) is 1. The van der Waals surface area contributed by atoms with E-state index in [1.807, 2.05) is 6.07 Å². The smallest absolute Gasteiger partial charge is 0.140 e. The molecule has 4 heteroatoms. The first-order valence-electron chi connectivity index (χ1n) is 3.84. The molecule has 0 atom stereocenters. The number of halogens is 1. The SMILES string of the molecule is Nc1nccc(OC2CC2)c1I. The van der Waals surface area contributed by atoms with Crippen molar-refractivity contribution in [2.45, 2.75) is 18.9 Å². The van der Waals surface area contributed by atoms with Crippen molar-refractivity contribution < 1.29 is 4.74 Å². The molecule has 1 aromatic rings. The molecule has 12 heavy (non-hydrogen) atoms. The van der Waals surface area contributed by atoms with Crippen LogP contribution in [-0.4, -0.2) is 11.1 Å². The van der Waals surface area contributed by atoms with Crippen molar-refractivity contribution in [3.05, 3.63) is 15.8 Å². The number of rotatable bonds is 2. The highest BCUT2D eigenvalue weighted by atomic mass is 127. The van der Waals surface area contributed by atoms with Gasteiger partial charge in [-0.1, -0.05) is 0 Å². The summed E-state index contributed by atoms with van der Waals surface area (Å²) in [5.41, 5.74) is 5.62. The van der Waals surface area contributed by atoms with E-state index in [2.05, 4.69) is 27.6 Å². The summed E-state index contributed by atoms with van der Waals surface area (Å²) < 4.78 is 6.53. The van der Waals surface area contributed by atoms with Crippen molar-refractivity contribution in [1.82, 2.24) is 4.98 Å². The Morgan fingerprint density at radius 3 is 3.00 bits per heavy atom. The Morgan fingerprint density at radius 2 is 2.33 bits per heavy atom. The summed E-state index contributed by atoms with van der Waals surface area (Å²) in [6, 6.07) is 1.86. The molecule has 1 aromatic heterocycles. The van der Waals surface area contributed by atoms with E-state index in [1.54, 1.807) is 6.20 Å². The first kappa shape index (κ1) is 8.10. The van der Waals surface area contributed by atoms with Gasteiger partial charge in [-0.2, -0.15) is 0 Å². The van der Waals surface area contributed by atoms with Crippen molar-refractivity contribution in [1.29, 1.82) is 0 Å². The second-order valence-electron chi connectivity index (χ2n) is 2.83. The van der Waals surface area contributed by atoms with Crippen LogP contribution >= 0.6 is 22.6 Å². The second kappa shape index (κ2) is 3.08. The Kier molecular flexibility index (Phi) is 2.08. The quantitative estimate of drug-likeness (QED) is 0.838. The Labute approximate surface area is 84.5 Å². The molecule has 1 fully saturated rings. The molecule has 0 saturated heterocycles. The van der Waals surface area contributed by atoms with E-state index in [1.165, 1.54) is 0 Å². The van der Waals surface area contributed by atoms with Gasteiger partial charge in [-0.15, -0.1) is 0 Å². The highest BCUT2D eigenvalue weighted by Gasteiger charge is 2.24. The number of pyridine rings is 1. The average Bonchev–Trinajstić information content (AvgIpc) is 2.83. The molecule has 2 rings (SSSR count). The van der Waals surface area contributed by atoms with Crippen molar-refractivity contribution in [2.75, 3.05) is 5.73 Å². The lowest BCUT2D eigenvalue weighted by atomic mass is 10.4. The van der Waals surface area contributed by atoms with Crippen molar-refractivity contribution >= 4 is 28.4 Å². The van der Waals surface area contributed by atoms with E-state index in [-0.39, 0.29) is 0 Å². The summed E-state index contributed by atoms with van der Waals surface area (Å²) in [4.78, 5) is 3.96. The maximum absolute atomic E-state index is 5.62. The van der Waals surface area contributed by atoms with Gasteiger partial charge in [0.15, 0.2) is 0 Å². The van der Waals surface area contributed by atoms with Crippen LogP contribution in [0.2, 0.25) is 0 Å². The van der Waals surface area contributed by atoms with Crippen molar-refractivity contribution in [2.24, 2.45) is 0 Å². The third-order valence-electron chi connectivity index (χ3n) is 1.70. The Hall–Kier alpha value is -0.520. The molecule has 1 aliphatic carbocycles. The normalized spacial score (nSPS) is 16.1. The third-order valence-corrected chi connectivity index (χ3v) is 2.78. The first-order valence-corrected chi connectivity index (χ1v) is 4.92. The van der Waals surface area contributed by atoms with Gasteiger partial charge in [0.05, 0.1) is 9.67 Å². The van der Waals surface area contributed by atoms with Gasteiger partial charge < -0.3 is 10.5 Å². The van der Waals surface area contributed by atoms with E-state index >= 15 is 0 Å². The topological polar surface area (TPSA) is 48.1 Å². The molecular formula is C8H9IN2O. The Bertz CT molecular complexity index is 299. The minimum atomic E-state index is 0.417. The molecule has 0 unspecified atom stereocenters. The van der Waals surface area contributed by atoms with Crippen LogP contribution in [0, 0.1) is 3.57 Å². The van der Waals surface area contributed by atoms with Gasteiger partial charge in [0.25, 0.3) is 0 Å². The van der Waals surface area contributed by atoms with Crippen LogP contribution in [0.1, 0.15) is 12.8 Å². The molecular weight excluding hydrogens is 267 g/mol. The van der Waals surface area contributed by atoms with Gasteiger partial charge in [0.2, 0.25) is 0 Å². The molecule has 3 nitrogen and oxygen atoms in total. The van der Waals surface area contributed by atoms with Crippen molar-refractivity contribution in [3.8, 4) is 5.75 Å². The molecule has 0 radical (unpaired) electrons. The van der Waals surface area contributed by atoms with Crippen LogP contribution in [0.3, 0.4) is 0 Å². The number of ether oxygens (including phenoxy) is 1. The summed E-state index contributed by atoms with van der Waals surface area (Å²) in [6.07, 6.45) is 4.42. The number of anilines is 1. The minimum absolute atomic E-state index is 0.417. The first-order chi connectivity index (χ1) is 5.77. The van der Waals surface area contributed by atoms with Crippen LogP contribution in [0.4, 0.5) is 5.82 Å². The lowest BCUT2D eigenvalue weighted by Gasteiger charge is -2.06. The third kappa shape index (κ3) is 1.63. The molecule has 0 aromatic carbocycles. The lowest BCUT2D eigenvalue weighted by molar-refractivity contribution is 0.301. The predicted molar refractivity (Wildman–Crippen MR) is 55.0 cm³/mol. The second-order valence-corrected chi connectivity index (χ2v) is 3.90. The van der Waals surface area contributed by atoms with Gasteiger partial charge in [-0.05, 0) is 41.5 Å². The molecule has 0 bridgehead atoms. The standard InChI is InChI=1S/C8H9IN2O/c9-7-6(12-5-1-2-5)3-4-11-8(7)10/h3-5H,1-2H2,(H2,10,11). The summed E-state index contributed by atoms with van der Waals surface area (Å²) in [5.74, 6) is 1.42. The molecule has 1 saturated carbocycles. The van der Waals surface area contributed by atoms with Gasteiger partial charge >= 0.3 is 0 Å². The van der Waals surface area contributed by atoms with Gasteiger partial charge in [-0.3, -0.25) is 0 Å². The van der Waals surface area contributed by atoms with Crippen LogP contribution in [0.5, 0.6) is 5.75 Å². The number of hydrogen-bond acceptors (Lipinski definition) is 3. The zero-order chi connectivity index (χ0) is 8.55. The maximum Gasteiger partial charge on any atom is 0.140 e. The van der Waals surface area contributed by atoms with E-state index in [9.17, 15) is 0 Å². The highest BCUT2D eigenvalue weighted by Crippen LogP contribution is 2.31. The van der Waals surface area contributed by atoms with Gasteiger partial charge in [0, 0.05) is 6.20 Å². The zero-order valence-electron chi connectivity index (χ0n) is 6.46. The summed E-state index contributed by atoms with van der Waals surface area (Å²) in [5, 5.41) is 0. The molecule has 0 aliphatic heterocycles. The fourth-order valence-corrected chi connectivity index (χ4v) is 1.34.